The lowest BCUT2D eigenvalue weighted by Crippen LogP contribution is -2.52. The Balaban J connectivity index is 3.18. The summed E-state index contributed by atoms with van der Waals surface area (Å²) in [4.78, 5) is 0. The Kier molecular flexibility index (Phi) is 6.25. The number of sulfone groups is 1. The molecule has 0 saturated carbocycles. The lowest BCUT2D eigenvalue weighted by atomic mass is 9.95. The van der Waals surface area contributed by atoms with E-state index in [9.17, 15) is 8.42 Å². The van der Waals surface area contributed by atoms with Gasteiger partial charge in [0.15, 0.2) is 9.84 Å². The summed E-state index contributed by atoms with van der Waals surface area (Å²) in [5, 5.41) is 3.30. The number of hydrogen-bond acceptors (Lipinski definition) is 4. The molecule has 0 aliphatic rings. The number of hydrogen-bond donors (Lipinski definition) is 1. The molecule has 21 heavy (non-hydrogen) atoms. The molecule has 0 heterocycles. The highest BCUT2D eigenvalue weighted by atomic mass is 79.9. The molecule has 0 amide bonds. The summed E-state index contributed by atoms with van der Waals surface area (Å²) in [6.45, 7) is 6.21. The molecule has 4 nitrogen and oxygen atoms in total. The van der Waals surface area contributed by atoms with Gasteiger partial charge in [0.25, 0.3) is 0 Å². The molecule has 120 valence electrons. The first-order valence-corrected chi connectivity index (χ1v) is 9.57. The molecule has 0 fully saturated rings. The highest BCUT2D eigenvalue weighted by molar-refractivity contribution is 9.10. The fraction of sp³-hybridized carbons (Fsp3) is 0.600. The second-order valence-electron chi connectivity index (χ2n) is 5.65. The number of methoxy groups -OCH3 is 1. The van der Waals surface area contributed by atoms with Crippen LogP contribution in [0.5, 0.6) is 5.75 Å². The maximum absolute atomic E-state index is 12.1. The first kappa shape index (κ1) is 18.5. The molecule has 1 rings (SSSR count). The van der Waals surface area contributed by atoms with Crippen molar-refractivity contribution in [2.24, 2.45) is 0 Å². The van der Waals surface area contributed by atoms with Gasteiger partial charge in [-0.1, -0.05) is 22.9 Å². The van der Waals surface area contributed by atoms with Crippen LogP contribution < -0.4 is 10.1 Å². The number of likely N-dealkylation sites (N-methyl/N-ethyl adjacent to an activating group) is 1. The number of benzene rings is 1. The summed E-state index contributed by atoms with van der Waals surface area (Å²) in [7, 11) is -1.57. The predicted octanol–water partition coefficient (Wildman–Crippen LogP) is 2.80. The van der Waals surface area contributed by atoms with E-state index in [1.54, 1.807) is 21.0 Å². The minimum absolute atomic E-state index is 0.194. The second kappa shape index (κ2) is 7.11. The van der Waals surface area contributed by atoms with Crippen LogP contribution in [0.1, 0.15) is 26.3 Å². The van der Waals surface area contributed by atoms with E-state index in [1.165, 1.54) is 6.26 Å². The standard InChI is InChI=1S/C15H24BrNO3S/c1-6-17-14(15(2,3)21(5,18)19)10-11-9-12(16)7-8-13(11)20-4/h7-9,14,17H,6,10H2,1-5H3. The fourth-order valence-corrected chi connectivity index (χ4v) is 3.29. The van der Waals surface area contributed by atoms with Gasteiger partial charge in [0.05, 0.1) is 11.9 Å². The van der Waals surface area contributed by atoms with Crippen molar-refractivity contribution in [1.82, 2.24) is 5.32 Å². The van der Waals surface area contributed by atoms with Crippen LogP contribution in [-0.4, -0.2) is 39.1 Å². The first-order valence-electron chi connectivity index (χ1n) is 6.88. The van der Waals surface area contributed by atoms with Crippen LogP contribution >= 0.6 is 15.9 Å². The summed E-state index contributed by atoms with van der Waals surface area (Å²) in [5.41, 5.74) is 0.981. The summed E-state index contributed by atoms with van der Waals surface area (Å²) in [6, 6.07) is 5.57. The minimum atomic E-state index is -3.19. The molecule has 0 aliphatic heterocycles. The van der Waals surface area contributed by atoms with E-state index in [1.807, 2.05) is 25.1 Å². The second-order valence-corrected chi connectivity index (χ2v) is 9.16. The average Bonchev–Trinajstić information content (AvgIpc) is 2.37. The van der Waals surface area contributed by atoms with Crippen molar-refractivity contribution in [2.75, 3.05) is 19.9 Å². The molecule has 0 spiro atoms. The molecule has 0 bridgehead atoms. The van der Waals surface area contributed by atoms with Gasteiger partial charge in [-0.15, -0.1) is 0 Å². The summed E-state index contributed by atoms with van der Waals surface area (Å²) in [6.07, 6.45) is 1.87. The quantitative estimate of drug-likeness (QED) is 0.793. The number of rotatable bonds is 7. The van der Waals surface area contributed by atoms with E-state index >= 15 is 0 Å². The van der Waals surface area contributed by atoms with Gasteiger partial charge >= 0.3 is 0 Å². The molecule has 1 unspecified atom stereocenters. The third kappa shape index (κ3) is 4.44. The number of ether oxygens (including phenoxy) is 1. The third-order valence-electron chi connectivity index (χ3n) is 3.91. The lowest BCUT2D eigenvalue weighted by Gasteiger charge is -2.33. The molecule has 1 atom stereocenters. The summed E-state index contributed by atoms with van der Waals surface area (Å²) in [5.74, 6) is 0.769. The Morgan fingerprint density at radius 3 is 2.48 bits per heavy atom. The summed E-state index contributed by atoms with van der Waals surface area (Å²) < 4.78 is 29.7. The zero-order valence-electron chi connectivity index (χ0n) is 13.2. The largest absolute Gasteiger partial charge is 0.496 e. The Morgan fingerprint density at radius 2 is 2.00 bits per heavy atom. The zero-order chi connectivity index (χ0) is 16.3. The predicted molar refractivity (Wildman–Crippen MR) is 90.8 cm³/mol. The van der Waals surface area contributed by atoms with Gasteiger partial charge in [-0.3, -0.25) is 0 Å². The molecule has 0 aromatic heterocycles. The third-order valence-corrected chi connectivity index (χ3v) is 6.60. The zero-order valence-corrected chi connectivity index (χ0v) is 15.6. The Hall–Kier alpha value is -0.590. The molecule has 0 radical (unpaired) electrons. The maximum Gasteiger partial charge on any atom is 0.154 e. The van der Waals surface area contributed by atoms with Gasteiger partial charge in [-0.25, -0.2) is 8.42 Å². The van der Waals surface area contributed by atoms with Crippen LogP contribution in [0.2, 0.25) is 0 Å². The van der Waals surface area contributed by atoms with E-state index in [-0.39, 0.29) is 6.04 Å². The highest BCUT2D eigenvalue weighted by Crippen LogP contribution is 2.29. The first-order chi connectivity index (χ1) is 9.63. The monoisotopic (exact) mass is 377 g/mol. The van der Waals surface area contributed by atoms with Gasteiger partial charge < -0.3 is 10.1 Å². The van der Waals surface area contributed by atoms with Crippen LogP contribution in [0.3, 0.4) is 0 Å². The molecule has 6 heteroatoms. The van der Waals surface area contributed by atoms with E-state index < -0.39 is 14.6 Å². The molecule has 1 aromatic rings. The Bertz CT molecular complexity index is 585. The van der Waals surface area contributed by atoms with Crippen molar-refractivity contribution in [1.29, 1.82) is 0 Å². The molecule has 0 saturated heterocycles. The van der Waals surface area contributed by atoms with Crippen molar-refractivity contribution < 1.29 is 13.2 Å². The van der Waals surface area contributed by atoms with Crippen molar-refractivity contribution in [3.8, 4) is 5.75 Å². The molecular weight excluding hydrogens is 354 g/mol. The molecule has 0 aliphatic carbocycles. The lowest BCUT2D eigenvalue weighted by molar-refractivity contribution is 0.388. The summed E-state index contributed by atoms with van der Waals surface area (Å²) >= 11 is 3.45. The minimum Gasteiger partial charge on any atom is -0.496 e. The highest BCUT2D eigenvalue weighted by Gasteiger charge is 2.38. The van der Waals surface area contributed by atoms with Crippen LogP contribution in [0.25, 0.3) is 0 Å². The SMILES string of the molecule is CCNC(Cc1cc(Br)ccc1OC)C(C)(C)S(C)(=O)=O. The van der Waals surface area contributed by atoms with Gasteiger partial charge in [-0.05, 0) is 50.6 Å². The van der Waals surface area contributed by atoms with E-state index in [0.717, 1.165) is 15.8 Å². The Morgan fingerprint density at radius 1 is 1.38 bits per heavy atom. The van der Waals surface area contributed by atoms with Crippen molar-refractivity contribution in [2.45, 2.75) is 38.0 Å². The van der Waals surface area contributed by atoms with Crippen molar-refractivity contribution in [3.63, 3.8) is 0 Å². The number of nitrogens with one attached hydrogen (secondary N) is 1. The van der Waals surface area contributed by atoms with E-state index in [2.05, 4.69) is 21.2 Å². The van der Waals surface area contributed by atoms with Crippen LogP contribution in [0, 0.1) is 0 Å². The molecule has 1 aromatic carbocycles. The number of halogens is 1. The van der Waals surface area contributed by atoms with E-state index in [4.69, 9.17) is 4.74 Å². The van der Waals surface area contributed by atoms with Gasteiger partial charge in [0, 0.05) is 16.8 Å². The van der Waals surface area contributed by atoms with E-state index in [0.29, 0.717) is 13.0 Å². The molecular formula is C15H24BrNO3S. The van der Waals surface area contributed by atoms with Crippen molar-refractivity contribution in [3.05, 3.63) is 28.2 Å². The van der Waals surface area contributed by atoms with Gasteiger partial charge in [0.2, 0.25) is 0 Å². The normalized spacial score (nSPS) is 14.0. The molecule has 1 N–H and O–H groups in total. The smallest absolute Gasteiger partial charge is 0.154 e. The topological polar surface area (TPSA) is 55.4 Å². The Labute approximate surface area is 136 Å². The van der Waals surface area contributed by atoms with Crippen LogP contribution in [-0.2, 0) is 16.3 Å². The van der Waals surface area contributed by atoms with Crippen molar-refractivity contribution >= 4 is 25.8 Å². The average molecular weight is 378 g/mol. The van der Waals surface area contributed by atoms with Crippen LogP contribution in [0.4, 0.5) is 0 Å². The fourth-order valence-electron chi connectivity index (χ4n) is 2.20. The van der Waals surface area contributed by atoms with Crippen LogP contribution in [0.15, 0.2) is 22.7 Å². The maximum atomic E-state index is 12.1. The van der Waals surface area contributed by atoms with Gasteiger partial charge in [0.1, 0.15) is 5.75 Å². The van der Waals surface area contributed by atoms with Gasteiger partial charge in [-0.2, -0.15) is 0 Å².